The van der Waals surface area contributed by atoms with E-state index in [1.165, 1.54) is 0 Å². The summed E-state index contributed by atoms with van der Waals surface area (Å²) in [6.45, 7) is 4.53. The normalized spacial score (nSPS) is 9.33. The van der Waals surface area contributed by atoms with Crippen LogP contribution >= 0.6 is 0 Å². The molecule has 0 aliphatic heterocycles. The predicted octanol–water partition coefficient (Wildman–Crippen LogP) is -3.59. The summed E-state index contributed by atoms with van der Waals surface area (Å²) in [5.41, 5.74) is 0. The minimum absolute atomic E-state index is 0. The molecule has 50 valence electrons. The van der Waals surface area contributed by atoms with Crippen LogP contribution in [-0.2, 0) is 7.45 Å². The minimum atomic E-state index is -2.51. The van der Waals surface area contributed by atoms with E-state index >= 15 is 0 Å². The average molecular weight is 204 g/mol. The van der Waals surface area contributed by atoms with Gasteiger partial charge in [-0.1, -0.05) is 0 Å². The number of hydrogen-bond donors (Lipinski definition) is 0. The van der Waals surface area contributed by atoms with E-state index in [4.69, 9.17) is 0 Å². The van der Waals surface area contributed by atoms with E-state index in [9.17, 15) is 4.10 Å². The monoisotopic (exact) mass is 204 g/mol. The maximum atomic E-state index is 10.4. The number of hydrogen-bond acceptors (Lipinski definition) is 3. The fourth-order valence-electron chi connectivity index (χ4n) is 0.248. The number of rotatable bonds is 4. The van der Waals surface area contributed by atoms with E-state index < -0.39 is 15.7 Å². The molecule has 0 unspecified atom stereocenters. The summed E-state index contributed by atoms with van der Waals surface area (Å²) in [6.07, 6.45) is 0. The first kappa shape index (κ1) is 13.1. The van der Waals surface area contributed by atoms with Gasteiger partial charge in [0.05, 0.1) is 0 Å². The van der Waals surface area contributed by atoms with Gasteiger partial charge in [-0.15, -0.1) is 0 Å². The van der Waals surface area contributed by atoms with Gasteiger partial charge in [-0.25, -0.2) is 0 Å². The molecule has 9 heavy (non-hydrogen) atoms. The van der Waals surface area contributed by atoms with Crippen molar-refractivity contribution in [2.45, 2.75) is 13.8 Å². The third-order valence-electron chi connectivity index (χ3n) is 0.469. The summed E-state index contributed by atoms with van der Waals surface area (Å²) in [6, 6.07) is 0. The van der Waals surface area contributed by atoms with E-state index in [1.807, 2.05) is 0 Å². The zero-order valence-electron chi connectivity index (χ0n) is 6.09. The molecule has 0 bridgehead atoms. The minimum Gasteiger partial charge on any atom is 1.00 e. The van der Waals surface area contributed by atoms with Gasteiger partial charge in [0.1, 0.15) is 0 Å². The van der Waals surface area contributed by atoms with Gasteiger partial charge in [-0.05, 0) is 0 Å². The molecule has 0 heterocycles. The van der Waals surface area contributed by atoms with Crippen molar-refractivity contribution in [2.24, 2.45) is 0 Å². The Labute approximate surface area is 83.3 Å². The maximum Gasteiger partial charge on any atom is 1.00 e. The predicted molar refractivity (Wildman–Crippen MR) is 29.0 cm³/mol. The molecule has 0 fully saturated rings. The fraction of sp³-hybridized carbons (Fsp3) is 1.00. The second kappa shape index (κ2) is 9.44. The third-order valence-corrected chi connectivity index (χ3v) is 2.44. The Kier molecular flexibility index (Phi) is 13.7. The van der Waals surface area contributed by atoms with Crippen LogP contribution in [0.3, 0.4) is 0 Å². The van der Waals surface area contributed by atoms with Gasteiger partial charge in [-0.2, -0.15) is 0 Å². The van der Waals surface area contributed by atoms with Crippen LogP contribution in [0.4, 0.5) is 0 Å². The molecule has 0 aliphatic rings. The van der Waals surface area contributed by atoms with Gasteiger partial charge < -0.3 is 0 Å². The zero-order chi connectivity index (χ0) is 6.41. The van der Waals surface area contributed by atoms with Crippen molar-refractivity contribution in [3.05, 3.63) is 0 Å². The molecular formula is C4H10AsNaO3. The van der Waals surface area contributed by atoms with Crippen LogP contribution in [-0.4, -0.2) is 28.9 Å². The van der Waals surface area contributed by atoms with Crippen molar-refractivity contribution in [1.82, 2.24) is 0 Å². The van der Waals surface area contributed by atoms with Crippen molar-refractivity contribution in [2.75, 3.05) is 13.2 Å². The van der Waals surface area contributed by atoms with Crippen LogP contribution < -0.4 is 33.7 Å². The quantitative estimate of drug-likeness (QED) is 0.444. The van der Waals surface area contributed by atoms with Crippen LogP contribution in [0.5, 0.6) is 0 Å². The first-order valence-electron chi connectivity index (χ1n) is 2.54. The second-order valence-corrected chi connectivity index (χ2v) is 3.08. The first-order valence-corrected chi connectivity index (χ1v) is 4.84. The van der Waals surface area contributed by atoms with Crippen LogP contribution in [0.25, 0.3) is 0 Å². The average Bonchev–Trinajstić information content (AvgIpc) is 1.68. The molecule has 0 aromatic heterocycles. The van der Waals surface area contributed by atoms with Gasteiger partial charge in [0.15, 0.2) is 0 Å². The van der Waals surface area contributed by atoms with Gasteiger partial charge in [0.25, 0.3) is 0 Å². The molecule has 0 rings (SSSR count). The molecule has 5 heteroatoms. The van der Waals surface area contributed by atoms with Crippen molar-refractivity contribution in [1.29, 1.82) is 0 Å². The van der Waals surface area contributed by atoms with Crippen molar-refractivity contribution in [3.63, 3.8) is 0 Å². The van der Waals surface area contributed by atoms with Crippen LogP contribution in [0, 0.1) is 0 Å². The van der Waals surface area contributed by atoms with E-state index in [1.54, 1.807) is 13.8 Å². The SMILES string of the molecule is CCO[As]([O-])OCC.[Na+]. The van der Waals surface area contributed by atoms with Crippen molar-refractivity contribution < 1.29 is 41.1 Å². The molecule has 0 atom stereocenters. The van der Waals surface area contributed by atoms with Crippen molar-refractivity contribution in [3.8, 4) is 0 Å². The van der Waals surface area contributed by atoms with Crippen LogP contribution in [0.1, 0.15) is 13.8 Å². The van der Waals surface area contributed by atoms with Gasteiger partial charge in [0, 0.05) is 0 Å². The molecule has 0 aliphatic carbocycles. The molecule has 0 radical (unpaired) electrons. The smallest absolute Gasteiger partial charge is 1.00 e. The fourth-order valence-corrected chi connectivity index (χ4v) is 1.29. The molecular weight excluding hydrogens is 194 g/mol. The zero-order valence-corrected chi connectivity index (χ0v) is 9.96. The Bertz CT molecular complexity index is 49.1. The summed E-state index contributed by atoms with van der Waals surface area (Å²) in [5.74, 6) is 0. The summed E-state index contributed by atoms with van der Waals surface area (Å²) in [7, 11) is 0. The van der Waals surface area contributed by atoms with Gasteiger partial charge in [-0.3, -0.25) is 0 Å². The summed E-state index contributed by atoms with van der Waals surface area (Å²) < 4.78 is 19.7. The topological polar surface area (TPSA) is 41.5 Å². The van der Waals surface area contributed by atoms with Crippen LogP contribution in [0.2, 0.25) is 0 Å². The molecule has 0 saturated heterocycles. The molecule has 0 amide bonds. The molecule has 0 aromatic rings. The second-order valence-electron chi connectivity index (χ2n) is 1.06. The Balaban J connectivity index is 0. The maximum absolute atomic E-state index is 10.4. The Hall–Kier alpha value is 1.44. The molecule has 0 saturated carbocycles. The van der Waals surface area contributed by atoms with Crippen molar-refractivity contribution >= 4 is 15.7 Å². The van der Waals surface area contributed by atoms with Gasteiger partial charge >= 0.3 is 83.8 Å². The molecule has 0 spiro atoms. The largest absolute Gasteiger partial charge is 1.00 e. The molecule has 0 aromatic carbocycles. The van der Waals surface area contributed by atoms with E-state index in [0.717, 1.165) is 0 Å². The standard InChI is InChI=1S/C4H10AsO3.Na/c1-3-7-5(6)8-4-2;/h3-4H2,1-2H3;/q-1;+1. The summed E-state index contributed by atoms with van der Waals surface area (Å²) in [5, 5.41) is 0. The van der Waals surface area contributed by atoms with E-state index in [-0.39, 0.29) is 29.6 Å². The van der Waals surface area contributed by atoms with Crippen LogP contribution in [0.15, 0.2) is 0 Å². The first-order chi connectivity index (χ1) is 3.81. The summed E-state index contributed by atoms with van der Waals surface area (Å²) >= 11 is -2.51. The molecule has 3 nitrogen and oxygen atoms in total. The Morgan fingerprint density at radius 2 is 1.56 bits per heavy atom. The molecule has 0 N–H and O–H groups in total. The Morgan fingerprint density at radius 3 is 1.78 bits per heavy atom. The van der Waals surface area contributed by atoms with Gasteiger partial charge in [0.2, 0.25) is 0 Å². The summed E-state index contributed by atoms with van der Waals surface area (Å²) in [4.78, 5) is 0. The third kappa shape index (κ3) is 9.44. The Morgan fingerprint density at radius 1 is 1.22 bits per heavy atom. The van der Waals surface area contributed by atoms with E-state index in [0.29, 0.717) is 13.2 Å². The van der Waals surface area contributed by atoms with E-state index in [2.05, 4.69) is 7.45 Å².